The third kappa shape index (κ3) is 4.74. The monoisotopic (exact) mass is 720 g/mol. The molecule has 1 aliphatic rings. The number of hydrogen-bond acceptors (Lipinski definition) is 2. The van der Waals surface area contributed by atoms with Gasteiger partial charge < -0.3 is 0 Å². The van der Waals surface area contributed by atoms with Crippen molar-refractivity contribution in [3.63, 3.8) is 0 Å². The van der Waals surface area contributed by atoms with Crippen LogP contribution in [-0.4, -0.2) is 29.3 Å². The Bertz CT molecular complexity index is 137. The first-order valence-electron chi connectivity index (χ1n) is 3.08. The second-order valence-corrected chi connectivity index (χ2v) is 112. The van der Waals surface area contributed by atoms with E-state index in [1.165, 1.54) is 13.1 Å². The van der Waals surface area contributed by atoms with Crippen LogP contribution in [0.15, 0.2) is 0 Å². The van der Waals surface area contributed by atoms with E-state index < -0.39 is 1.42 Å². The summed E-state index contributed by atoms with van der Waals surface area (Å²) in [6.07, 6.45) is 0. The number of rotatable bonds is 1. The van der Waals surface area contributed by atoms with Gasteiger partial charge in [0.25, 0.3) is 0 Å². The molecule has 0 aliphatic carbocycles. The number of piperazine rings is 1. The molecular formula is C4H9I5N2. The molecule has 0 unspecified atom stereocenters. The molecule has 0 spiro atoms. The van der Waals surface area contributed by atoms with Crippen molar-refractivity contribution in [1.29, 1.82) is 0 Å². The summed E-state index contributed by atoms with van der Waals surface area (Å²) in [5.74, 6) is 0. The predicted octanol–water partition coefficient (Wildman–Crippen LogP) is 3.78. The van der Waals surface area contributed by atoms with Crippen molar-refractivity contribution in [1.82, 2.24) is 8.43 Å². The Morgan fingerprint density at radius 3 is 1.73 bits per heavy atom. The molecule has 1 N–H and O–H groups in total. The first-order valence-corrected chi connectivity index (χ1v) is 29.2. The molecule has 70 valence electrons. The Labute approximate surface area is 107 Å². The molecule has 0 saturated carbocycles. The number of nitrogens with one attached hydrogen (secondary N) is 1. The first kappa shape index (κ1) is 12.6. The summed E-state index contributed by atoms with van der Waals surface area (Å²) in [7, 11) is 0. The molecule has 7 heteroatoms. The summed E-state index contributed by atoms with van der Waals surface area (Å²) >= 11 is 10.7. The minimum absolute atomic E-state index is 1.16. The van der Waals surface area contributed by atoms with Gasteiger partial charge in [0, 0.05) is 0 Å². The van der Waals surface area contributed by atoms with Gasteiger partial charge in [0.1, 0.15) is 0 Å². The second kappa shape index (κ2) is 4.61. The standard InChI is InChI=1S/C4H9I5N2/c5-9(6,7,8)11-3-1-10-2-4-11/h10H,1-4H2. The molecule has 1 fully saturated rings. The fourth-order valence-corrected chi connectivity index (χ4v) is 12.6. The van der Waals surface area contributed by atoms with Crippen molar-refractivity contribution in [2.45, 2.75) is 0 Å². The van der Waals surface area contributed by atoms with E-state index in [0.717, 1.165) is 13.1 Å². The fourth-order valence-electron chi connectivity index (χ4n) is 0.893. The van der Waals surface area contributed by atoms with Crippen LogP contribution in [0.2, 0.25) is 0 Å². The zero-order chi connectivity index (χ0) is 8.56. The number of nitrogens with zero attached hydrogens (tertiary/aromatic N) is 1. The van der Waals surface area contributed by atoms with Crippen LogP contribution >= 0.6 is 75.9 Å². The van der Waals surface area contributed by atoms with Crippen LogP contribution in [0, 0.1) is 0 Å². The molecule has 11 heavy (non-hydrogen) atoms. The van der Waals surface area contributed by atoms with Crippen molar-refractivity contribution in [2.24, 2.45) is 0 Å². The number of hydrogen-bond donors (Lipinski definition) is 1. The molecular weight excluding hydrogens is 711 g/mol. The van der Waals surface area contributed by atoms with Crippen molar-refractivity contribution in [3.05, 3.63) is 0 Å². The zero-order valence-electron chi connectivity index (χ0n) is 5.67. The molecule has 1 saturated heterocycles. The summed E-state index contributed by atoms with van der Waals surface area (Å²) in [5.41, 5.74) is 0. The van der Waals surface area contributed by atoms with Crippen LogP contribution in [0.4, 0.5) is 0 Å². The molecule has 0 aromatic rings. The van der Waals surface area contributed by atoms with E-state index in [9.17, 15) is 0 Å². The van der Waals surface area contributed by atoms with Gasteiger partial charge in [-0.05, 0) is 0 Å². The SMILES string of the molecule is II(I)(I)(I)N1CCNCC1. The average molecular weight is 720 g/mol. The molecule has 1 rings (SSSR count). The summed E-state index contributed by atoms with van der Waals surface area (Å²) in [6, 6.07) is 0. The van der Waals surface area contributed by atoms with E-state index in [4.69, 9.17) is 0 Å². The van der Waals surface area contributed by atoms with Crippen LogP contribution < -0.4 is 5.32 Å². The van der Waals surface area contributed by atoms with Gasteiger partial charge in [0.15, 0.2) is 0 Å². The summed E-state index contributed by atoms with van der Waals surface area (Å²) in [6.45, 7) is 4.78. The Balaban J connectivity index is 2.59. The van der Waals surface area contributed by atoms with Crippen LogP contribution in [-0.2, 0) is 0 Å². The third-order valence-electron chi connectivity index (χ3n) is 1.42. The maximum atomic E-state index is 3.38. The fraction of sp³-hybridized carbons (Fsp3) is 1.00. The van der Waals surface area contributed by atoms with Crippen molar-refractivity contribution >= 4 is 75.9 Å². The maximum absolute atomic E-state index is 3.38. The summed E-state index contributed by atoms with van der Waals surface area (Å²) in [4.78, 5) is 0. The molecule has 0 aromatic heterocycles. The van der Waals surface area contributed by atoms with E-state index in [2.05, 4.69) is 82.9 Å². The third-order valence-corrected chi connectivity index (χ3v) is 18.3. The zero-order valence-corrected chi connectivity index (χ0v) is 16.5. The molecule has 1 aliphatic heterocycles. The first-order chi connectivity index (χ1) is 4.86. The van der Waals surface area contributed by atoms with Crippen LogP contribution in [0.3, 0.4) is 0 Å². The van der Waals surface area contributed by atoms with Gasteiger partial charge in [0.2, 0.25) is 0 Å². The van der Waals surface area contributed by atoms with E-state index in [1.807, 2.05) is 0 Å². The topological polar surface area (TPSA) is 15.3 Å². The van der Waals surface area contributed by atoms with Crippen molar-refractivity contribution in [2.75, 3.05) is 26.2 Å². The quantitative estimate of drug-likeness (QED) is 0.328. The van der Waals surface area contributed by atoms with Gasteiger partial charge in [-0.1, -0.05) is 0 Å². The van der Waals surface area contributed by atoms with Crippen LogP contribution in [0.1, 0.15) is 0 Å². The average Bonchev–Trinajstić information content (AvgIpc) is 1.86. The molecule has 0 amide bonds. The second-order valence-electron chi connectivity index (χ2n) is 2.24. The van der Waals surface area contributed by atoms with Gasteiger partial charge in [-0.15, -0.1) is 0 Å². The molecule has 0 bridgehead atoms. The minimum atomic E-state index is -2.12. The van der Waals surface area contributed by atoms with Crippen molar-refractivity contribution < 1.29 is 0 Å². The van der Waals surface area contributed by atoms with Gasteiger partial charge in [-0.25, -0.2) is 0 Å². The van der Waals surface area contributed by atoms with Gasteiger partial charge in [-0.3, -0.25) is 0 Å². The van der Waals surface area contributed by atoms with E-state index in [0.29, 0.717) is 0 Å². The Hall–Kier alpha value is 3.57. The molecule has 0 radical (unpaired) electrons. The van der Waals surface area contributed by atoms with Crippen molar-refractivity contribution in [3.8, 4) is 0 Å². The molecule has 2 nitrogen and oxygen atoms in total. The summed E-state index contributed by atoms with van der Waals surface area (Å²) < 4.78 is 0.548. The Morgan fingerprint density at radius 1 is 1.00 bits per heavy atom. The molecule has 0 aromatic carbocycles. The van der Waals surface area contributed by atoms with Gasteiger partial charge >= 0.3 is 110 Å². The summed E-state index contributed by atoms with van der Waals surface area (Å²) in [5, 5.41) is 3.38. The van der Waals surface area contributed by atoms with E-state index in [1.54, 1.807) is 0 Å². The van der Waals surface area contributed by atoms with E-state index in [-0.39, 0.29) is 0 Å². The van der Waals surface area contributed by atoms with Crippen LogP contribution in [0.25, 0.3) is 0 Å². The van der Waals surface area contributed by atoms with E-state index >= 15 is 0 Å². The van der Waals surface area contributed by atoms with Gasteiger partial charge in [-0.2, -0.15) is 0 Å². The molecule has 0 atom stereocenters. The molecule has 1 heterocycles. The van der Waals surface area contributed by atoms with Gasteiger partial charge in [0.05, 0.1) is 0 Å². The number of halogens is 5. The van der Waals surface area contributed by atoms with Crippen LogP contribution in [0.5, 0.6) is 0 Å². The Morgan fingerprint density at radius 2 is 1.45 bits per heavy atom. The Kier molecular flexibility index (Phi) is 5.29. The normalized spacial score (nSPS) is 26.0. The predicted molar refractivity (Wildman–Crippen MR) is 94.5 cm³/mol.